The summed E-state index contributed by atoms with van der Waals surface area (Å²) < 4.78 is 5.34. The van der Waals surface area contributed by atoms with Crippen molar-refractivity contribution >= 4 is 57.7 Å². The van der Waals surface area contributed by atoms with Gasteiger partial charge in [0.05, 0.1) is 0 Å². The molecule has 4 N–H and O–H groups in total. The molecule has 1 fully saturated rings. The van der Waals surface area contributed by atoms with Gasteiger partial charge in [-0.1, -0.05) is 17.8 Å². The molecule has 0 radical (unpaired) electrons. The van der Waals surface area contributed by atoms with E-state index in [0.717, 1.165) is 16.2 Å². The highest BCUT2D eigenvalue weighted by molar-refractivity contribution is 8.00. The fourth-order valence-corrected chi connectivity index (χ4v) is 5.10. The van der Waals surface area contributed by atoms with Gasteiger partial charge in [-0.15, -0.1) is 23.1 Å². The number of hydrogen-bond donors (Lipinski definition) is 3. The largest absolute Gasteiger partial charge is 0.477 e. The van der Waals surface area contributed by atoms with Crippen molar-refractivity contribution in [3.8, 4) is 0 Å². The number of oxime groups is 1. The Morgan fingerprint density at radius 1 is 1.33 bits per heavy atom. The zero-order valence-corrected chi connectivity index (χ0v) is 22.0. The van der Waals surface area contributed by atoms with E-state index < -0.39 is 46.4 Å². The molecule has 0 saturated carbocycles. The Balaban J connectivity index is 1.83. The molecule has 0 spiro atoms. The number of aromatic nitrogens is 1. The summed E-state index contributed by atoms with van der Waals surface area (Å²) in [5.41, 5.74) is 3.41. The molecule has 0 bridgehead atoms. The summed E-state index contributed by atoms with van der Waals surface area (Å²) in [7, 11) is 0. The summed E-state index contributed by atoms with van der Waals surface area (Å²) in [5, 5.41) is 17.0. The van der Waals surface area contributed by atoms with Crippen molar-refractivity contribution in [1.82, 2.24) is 15.2 Å². The number of fused-ring (bicyclic) bond motifs is 1. The summed E-state index contributed by atoms with van der Waals surface area (Å²) in [6.45, 7) is 11.6. The highest BCUT2D eigenvalue weighted by Gasteiger charge is 2.54. The van der Waals surface area contributed by atoms with Gasteiger partial charge in [0.2, 0.25) is 5.60 Å². The van der Waals surface area contributed by atoms with Gasteiger partial charge >= 0.3 is 11.9 Å². The van der Waals surface area contributed by atoms with E-state index in [4.69, 9.17) is 15.3 Å². The molecule has 3 heterocycles. The predicted octanol–water partition coefficient (Wildman–Crippen LogP) is 1.49. The number of hydrogen-bond acceptors (Lipinski definition) is 11. The van der Waals surface area contributed by atoms with Gasteiger partial charge in [-0.3, -0.25) is 14.5 Å². The zero-order valence-electron chi connectivity index (χ0n) is 20.4. The Morgan fingerprint density at radius 2 is 2.00 bits per heavy atom. The van der Waals surface area contributed by atoms with Crippen LogP contribution in [0.25, 0.3) is 0 Å². The molecule has 2 amide bonds. The van der Waals surface area contributed by atoms with Crippen LogP contribution in [0.5, 0.6) is 0 Å². The minimum atomic E-state index is -1.55. The molecule has 0 aliphatic carbocycles. The van der Waals surface area contributed by atoms with E-state index in [1.807, 2.05) is 0 Å². The van der Waals surface area contributed by atoms with Crippen molar-refractivity contribution < 1.29 is 33.9 Å². The third kappa shape index (κ3) is 5.54. The van der Waals surface area contributed by atoms with Crippen LogP contribution in [0.3, 0.4) is 0 Å². The van der Waals surface area contributed by atoms with E-state index in [-0.39, 0.29) is 22.2 Å². The fourth-order valence-electron chi connectivity index (χ4n) is 3.21. The molecule has 12 nitrogen and oxygen atoms in total. The number of rotatable bonds is 8. The molecule has 194 valence electrons. The number of carboxylic acid groups (broad SMARTS) is 1. The number of ether oxygens (including phenoxy) is 1. The SMILES string of the molecule is C=CC1=C(C(=O)O)N2C(=O)C(NC(=O)C(=NOC(C)(C)C(=O)OC(C)(C)C)c3csc(N)n3)[C@@H]2SC1. The number of thioether (sulfide) groups is 1. The van der Waals surface area contributed by atoms with Gasteiger partial charge in [-0.2, -0.15) is 0 Å². The molecular formula is C22H27N5O7S2. The van der Waals surface area contributed by atoms with Gasteiger partial charge in [-0.05, 0) is 40.2 Å². The topological polar surface area (TPSA) is 174 Å². The Bertz CT molecular complexity index is 1180. The number of carboxylic acids is 1. The van der Waals surface area contributed by atoms with E-state index >= 15 is 0 Å². The van der Waals surface area contributed by atoms with Gasteiger partial charge in [0, 0.05) is 11.1 Å². The van der Waals surface area contributed by atoms with Crippen LogP contribution in [-0.2, 0) is 28.8 Å². The molecule has 1 unspecified atom stereocenters. The monoisotopic (exact) mass is 537 g/mol. The number of amides is 2. The average Bonchev–Trinajstić information content (AvgIpc) is 3.20. The first-order valence-corrected chi connectivity index (χ1v) is 12.6. The second-order valence-corrected chi connectivity index (χ2v) is 11.4. The maximum absolute atomic E-state index is 13.2. The number of anilines is 1. The molecule has 1 aromatic heterocycles. The minimum Gasteiger partial charge on any atom is -0.477 e. The van der Waals surface area contributed by atoms with Gasteiger partial charge in [-0.25, -0.2) is 14.6 Å². The number of carbonyl (C=O) groups excluding carboxylic acids is 3. The van der Waals surface area contributed by atoms with Crippen molar-refractivity contribution in [3.63, 3.8) is 0 Å². The molecule has 0 aromatic carbocycles. The average molecular weight is 538 g/mol. The molecule has 2 atom stereocenters. The van der Waals surface area contributed by atoms with Crippen LogP contribution in [0.4, 0.5) is 5.13 Å². The maximum Gasteiger partial charge on any atom is 0.353 e. The zero-order chi connectivity index (χ0) is 27.0. The van der Waals surface area contributed by atoms with E-state index in [1.54, 1.807) is 20.8 Å². The lowest BCUT2D eigenvalue weighted by molar-refractivity contribution is -0.179. The second-order valence-electron chi connectivity index (χ2n) is 9.36. The number of thiazole rings is 1. The van der Waals surface area contributed by atoms with Crippen LogP contribution >= 0.6 is 23.1 Å². The first-order chi connectivity index (χ1) is 16.7. The molecule has 36 heavy (non-hydrogen) atoms. The van der Waals surface area contributed by atoms with E-state index in [0.29, 0.717) is 11.3 Å². The number of nitrogens with one attached hydrogen (secondary N) is 1. The van der Waals surface area contributed by atoms with Gasteiger partial charge in [0.25, 0.3) is 11.8 Å². The third-order valence-electron chi connectivity index (χ3n) is 4.97. The van der Waals surface area contributed by atoms with Crippen LogP contribution in [0.2, 0.25) is 0 Å². The first kappa shape index (κ1) is 27.2. The van der Waals surface area contributed by atoms with E-state index in [9.17, 15) is 24.3 Å². The number of nitrogens with zero attached hydrogens (tertiary/aromatic N) is 3. The van der Waals surface area contributed by atoms with Crippen molar-refractivity contribution in [1.29, 1.82) is 0 Å². The van der Waals surface area contributed by atoms with Crippen LogP contribution in [0, 0.1) is 0 Å². The predicted molar refractivity (Wildman–Crippen MR) is 134 cm³/mol. The third-order valence-corrected chi connectivity index (χ3v) is 6.94. The quantitative estimate of drug-likeness (QED) is 0.191. The molecular weight excluding hydrogens is 510 g/mol. The van der Waals surface area contributed by atoms with Crippen LogP contribution < -0.4 is 11.1 Å². The summed E-state index contributed by atoms with van der Waals surface area (Å²) in [6.07, 6.45) is 1.40. The highest BCUT2D eigenvalue weighted by atomic mass is 32.2. The van der Waals surface area contributed by atoms with Crippen LogP contribution in [0.15, 0.2) is 34.5 Å². The van der Waals surface area contributed by atoms with Crippen LogP contribution in [-0.4, -0.2) is 72.8 Å². The van der Waals surface area contributed by atoms with Crippen molar-refractivity contribution in [2.45, 2.75) is 57.2 Å². The smallest absolute Gasteiger partial charge is 0.353 e. The number of esters is 1. The first-order valence-electron chi connectivity index (χ1n) is 10.7. The van der Waals surface area contributed by atoms with Crippen molar-refractivity contribution in [2.75, 3.05) is 11.5 Å². The summed E-state index contributed by atoms with van der Waals surface area (Å²) in [6, 6.07) is -1.01. The molecule has 3 rings (SSSR count). The van der Waals surface area contributed by atoms with E-state index in [1.165, 1.54) is 37.1 Å². The highest BCUT2D eigenvalue weighted by Crippen LogP contribution is 2.40. The van der Waals surface area contributed by atoms with Gasteiger partial charge in [0.15, 0.2) is 10.8 Å². The van der Waals surface area contributed by atoms with Crippen molar-refractivity contribution in [2.24, 2.45) is 5.16 Å². The molecule has 1 saturated heterocycles. The number of carbonyl (C=O) groups is 4. The fraction of sp³-hybridized carbons (Fsp3) is 0.455. The van der Waals surface area contributed by atoms with Crippen molar-refractivity contribution in [3.05, 3.63) is 35.0 Å². The summed E-state index contributed by atoms with van der Waals surface area (Å²) >= 11 is 2.35. The Morgan fingerprint density at radius 3 is 2.53 bits per heavy atom. The van der Waals surface area contributed by atoms with Gasteiger partial charge in [0.1, 0.15) is 28.4 Å². The number of nitrogen functional groups attached to an aromatic ring is 1. The molecule has 2 aliphatic heterocycles. The number of β-lactam (4-membered cyclic amide) rings is 1. The molecule has 14 heteroatoms. The lowest BCUT2D eigenvalue weighted by atomic mass is 10.0. The van der Waals surface area contributed by atoms with Gasteiger partial charge < -0.3 is 25.7 Å². The summed E-state index contributed by atoms with van der Waals surface area (Å²) in [4.78, 5) is 60.8. The Kier molecular flexibility index (Phi) is 7.50. The number of allylic oxidation sites excluding steroid dienone is 1. The number of nitrogens with two attached hydrogens (primary N) is 1. The molecule has 1 aromatic rings. The molecule has 2 aliphatic rings. The Hall–Kier alpha value is -3.39. The number of aliphatic carboxylic acids is 1. The minimum absolute atomic E-state index is 0.0787. The normalized spacial score (nSPS) is 20.3. The maximum atomic E-state index is 13.2. The lowest BCUT2D eigenvalue weighted by Crippen LogP contribution is -2.71. The summed E-state index contributed by atoms with van der Waals surface area (Å²) in [5.74, 6) is -3.06. The second kappa shape index (κ2) is 9.93. The standard InChI is InChI=1S/C22H27N5O7S2/c1-7-10-8-35-17-13(16(29)27(17)14(10)18(30)31)25-15(28)12(11-9-36-20(23)24-11)26-34-22(5,6)19(32)33-21(2,3)4/h7,9,13,17H,1,8H2,2-6H3,(H2,23,24)(H,25,28)(H,30,31)/t13?,17-/m0/s1. The van der Waals surface area contributed by atoms with E-state index in [2.05, 4.69) is 22.0 Å². The Labute approximate surface area is 215 Å². The van der Waals surface area contributed by atoms with Crippen LogP contribution in [0.1, 0.15) is 40.3 Å². The lowest BCUT2D eigenvalue weighted by Gasteiger charge is -2.49.